The lowest BCUT2D eigenvalue weighted by Crippen LogP contribution is -2.47. The fraction of sp³-hybridized carbons (Fsp3) is 0.798. The lowest BCUT2D eigenvalue weighted by molar-refractivity contribution is -0.177. The van der Waals surface area contributed by atoms with Gasteiger partial charge in [0.15, 0.2) is 0 Å². The lowest BCUT2D eigenvalue weighted by Gasteiger charge is -2.54. The number of nitrogens with zero attached hydrogens (tertiary/aromatic N) is 9. The summed E-state index contributed by atoms with van der Waals surface area (Å²) in [5, 5.41) is 25.0. The van der Waals surface area contributed by atoms with Crippen molar-refractivity contribution in [2.24, 2.45) is 71.9 Å². The van der Waals surface area contributed by atoms with Crippen LogP contribution in [0.25, 0.3) is 0 Å². The predicted octanol–water partition coefficient (Wildman–Crippen LogP) is 16.0. The third-order valence-electron chi connectivity index (χ3n) is 25.5. The summed E-state index contributed by atoms with van der Waals surface area (Å²) >= 11 is 72.3. The van der Waals surface area contributed by atoms with Gasteiger partial charge in [0.25, 0.3) is 0 Å². The van der Waals surface area contributed by atoms with E-state index in [0.29, 0.717) is 114 Å². The Morgan fingerprint density at radius 2 is 0.448 bits per heavy atom. The molecule has 33 nitrogen and oxygen atoms in total. The number of aryl methyl sites for hydroxylation is 3. The van der Waals surface area contributed by atoms with E-state index in [9.17, 15) is 57.5 Å². The minimum atomic E-state index is -1.70. The maximum atomic E-state index is 13.7. The summed E-state index contributed by atoms with van der Waals surface area (Å²) in [5.41, 5.74) is -12.0. The molecule has 3 aromatic heterocycles. The van der Waals surface area contributed by atoms with E-state index >= 15 is 0 Å². The Kier molecular flexibility index (Phi) is 48.2. The van der Waals surface area contributed by atoms with Gasteiger partial charge in [-0.25, -0.2) is 0 Å². The van der Waals surface area contributed by atoms with E-state index in [1.807, 2.05) is 0 Å². The molecule has 3 aliphatic rings. The first kappa shape index (κ1) is 117. The highest BCUT2D eigenvalue weighted by molar-refractivity contribution is 6.26. The molecule has 0 spiro atoms. The van der Waals surface area contributed by atoms with Crippen molar-refractivity contribution < 1.29 is 114 Å². The number of aromatic nitrogens is 9. The normalized spacial score (nSPS) is 18.2. The topological polar surface area (TPSA) is 408 Å². The number of halogens is 12. The number of hydrogen-bond donors (Lipinski definition) is 0. The molecule has 3 saturated carbocycles. The zero-order chi connectivity index (χ0) is 99.5. The van der Waals surface area contributed by atoms with E-state index < -0.39 is 142 Å². The standard InChI is InChI=1S/C89H129Cl12N9O24/c1-80(41-90,42-91)71(114)126-53-86(7,54-127-72(115)81(2,43-92)44-93)77(120)123-38-62-35-108(105-102-62)32-14-11-17-68(111)132-65-26-20-59(21-27-65)89(10,60-22-28-66(29-23-60)133-69(112)18-12-15-33-109-36-63(103-106-109)39-124-78(121)87(8,55-128-73(116)82(3,45-94)46-95)56-129-74(117)83(4,47-96)48-97)61-24-30-67(31-25-61)134-70(113)19-13-16-34-110-37-64(104-107-110)40-125-79(122)88(9,57-130-75(118)84(5,49-98)50-99)58-131-76(119)85(6,51-100)52-101/h35-37,59-61,65-67H,11-34,38-58H2,1-10H3. The fourth-order valence-electron chi connectivity index (χ4n) is 15.0. The smallest absolute Gasteiger partial charge is 0.319 e. The second kappa shape index (κ2) is 55.1. The fourth-order valence-corrected chi connectivity index (χ4v) is 18.0. The molecule has 3 heterocycles. The van der Waals surface area contributed by atoms with Crippen molar-refractivity contribution in [3.63, 3.8) is 0 Å². The number of unbranched alkanes of at least 4 members (excludes halogenated alkanes) is 3. The molecule has 0 atom stereocenters. The minimum Gasteiger partial charge on any atom is -0.464 e. The van der Waals surface area contributed by atoms with Gasteiger partial charge >= 0.3 is 71.6 Å². The van der Waals surface area contributed by atoms with E-state index in [1.54, 1.807) is 32.6 Å². The minimum absolute atomic E-state index is 0.162. The van der Waals surface area contributed by atoms with Crippen molar-refractivity contribution in [1.29, 1.82) is 0 Å². The number of hydrogen-bond acceptors (Lipinski definition) is 30. The van der Waals surface area contributed by atoms with Gasteiger partial charge in [0, 0.05) is 109 Å². The maximum Gasteiger partial charge on any atom is 0.319 e. The van der Waals surface area contributed by atoms with Crippen molar-refractivity contribution in [2.45, 2.75) is 262 Å². The zero-order valence-corrected chi connectivity index (χ0v) is 86.9. The number of rotatable bonds is 60. The van der Waals surface area contributed by atoms with Gasteiger partial charge in [0.1, 0.15) is 111 Å². The summed E-state index contributed by atoms with van der Waals surface area (Å²) in [7, 11) is 0. The van der Waals surface area contributed by atoms with Crippen LogP contribution in [0.2, 0.25) is 0 Å². The molecule has 3 aliphatic carbocycles. The Morgan fingerprint density at radius 1 is 0.269 bits per heavy atom. The third-order valence-corrected chi connectivity index (χ3v) is 32.6. The molecular formula is C89H129Cl12N9O24. The van der Waals surface area contributed by atoms with Gasteiger partial charge in [-0.15, -0.1) is 155 Å². The summed E-state index contributed by atoms with van der Waals surface area (Å²) in [6.07, 6.45) is 16.6. The van der Waals surface area contributed by atoms with Crippen molar-refractivity contribution >= 4 is 211 Å². The summed E-state index contributed by atoms with van der Waals surface area (Å²) < 4.78 is 73.1. The molecule has 758 valence electrons. The lowest BCUT2D eigenvalue weighted by atomic mass is 9.52. The highest BCUT2D eigenvalue weighted by Crippen LogP contribution is 2.57. The van der Waals surface area contributed by atoms with Crippen molar-refractivity contribution in [3.8, 4) is 0 Å². The molecule has 0 N–H and O–H groups in total. The van der Waals surface area contributed by atoms with Gasteiger partial charge in [0.05, 0.1) is 51.1 Å². The number of carbonyl (C=O) groups is 12. The summed E-state index contributed by atoms with van der Waals surface area (Å²) in [5.74, 6) is -9.28. The predicted molar refractivity (Wildman–Crippen MR) is 502 cm³/mol. The molecule has 0 saturated heterocycles. The van der Waals surface area contributed by atoms with Crippen LogP contribution in [0.1, 0.15) is 221 Å². The maximum absolute atomic E-state index is 13.7. The molecule has 3 fully saturated rings. The van der Waals surface area contributed by atoms with Crippen LogP contribution in [0.3, 0.4) is 0 Å². The highest BCUT2D eigenvalue weighted by atomic mass is 35.5. The molecule has 0 aliphatic heterocycles. The Bertz CT molecular complexity index is 3770. The summed E-state index contributed by atoms with van der Waals surface area (Å²) in [6, 6.07) is 0. The van der Waals surface area contributed by atoms with Gasteiger partial charge in [-0.3, -0.25) is 71.6 Å². The summed E-state index contributed by atoms with van der Waals surface area (Å²) in [4.78, 5) is 160. The number of ether oxygens (including phenoxy) is 12. The largest absolute Gasteiger partial charge is 0.464 e. The number of carbonyl (C=O) groups excluding carboxylic acids is 12. The second-order valence-corrected chi connectivity index (χ2v) is 41.6. The molecule has 6 rings (SSSR count). The molecule has 0 radical (unpaired) electrons. The third kappa shape index (κ3) is 33.6. The molecular weight excluding hydrogens is 2000 g/mol. The first-order chi connectivity index (χ1) is 63.3. The second-order valence-electron chi connectivity index (χ2n) is 38.4. The summed E-state index contributed by atoms with van der Waals surface area (Å²) in [6.45, 7) is 12.5. The zero-order valence-electron chi connectivity index (χ0n) is 77.9. The average molecular weight is 2130 g/mol. The highest BCUT2D eigenvalue weighted by Gasteiger charge is 2.52. The van der Waals surface area contributed by atoms with Gasteiger partial charge in [-0.05, 0) is 201 Å². The van der Waals surface area contributed by atoms with Gasteiger partial charge in [0.2, 0.25) is 0 Å². The quantitative estimate of drug-likeness (QED) is 0.0219. The first-order valence-corrected chi connectivity index (χ1v) is 51.3. The number of alkyl halides is 12. The first-order valence-electron chi connectivity index (χ1n) is 44.9. The monoisotopic (exact) mass is 2130 g/mol. The van der Waals surface area contributed by atoms with Gasteiger partial charge in [-0.1, -0.05) is 22.6 Å². The Balaban J connectivity index is 1.02. The van der Waals surface area contributed by atoms with Crippen molar-refractivity contribution in [2.75, 3.05) is 110 Å². The van der Waals surface area contributed by atoms with Crippen molar-refractivity contribution in [1.82, 2.24) is 45.0 Å². The van der Waals surface area contributed by atoms with Crippen LogP contribution in [-0.2, 0) is 154 Å². The Labute approximate surface area is 843 Å². The molecule has 3 aromatic rings. The average Bonchev–Trinajstić information content (AvgIpc) is 0.921. The van der Waals surface area contributed by atoms with E-state index in [-0.39, 0.29) is 169 Å². The molecule has 0 amide bonds. The van der Waals surface area contributed by atoms with E-state index in [0.717, 1.165) is 38.5 Å². The van der Waals surface area contributed by atoms with Crippen LogP contribution in [0.5, 0.6) is 0 Å². The Hall–Kier alpha value is -5.46. The molecule has 134 heavy (non-hydrogen) atoms. The van der Waals surface area contributed by atoms with Gasteiger partial charge in [-0.2, -0.15) is 0 Å². The van der Waals surface area contributed by atoms with E-state index in [4.69, 9.17) is 196 Å². The van der Waals surface area contributed by atoms with Gasteiger partial charge < -0.3 is 56.8 Å². The SMILES string of the molecule is CC(CCl)(CCl)C(=O)OCC(C)(COC(=O)C(C)(CCl)CCl)C(=O)OCc1cn(CCCCC(=O)OC2CCC(C(C)(C3CCC(OC(=O)CCCCn4cc(COC(=O)C(C)(COC(=O)C(C)(CCl)CCl)COC(=O)C(C)(CCl)CCl)nn4)CC3)C3CCC(OC(=O)CCCCn4cc(COC(=O)C(C)(COC(=O)C(C)(CCl)CCl)COC(=O)C(C)(CCl)CCl)nn4)CC3)CC2)nn1. The molecule has 0 bridgehead atoms. The molecule has 45 heteroatoms. The van der Waals surface area contributed by atoms with Crippen LogP contribution in [0, 0.1) is 71.9 Å². The van der Waals surface area contributed by atoms with Crippen LogP contribution >= 0.6 is 139 Å². The Morgan fingerprint density at radius 3 is 0.627 bits per heavy atom. The van der Waals surface area contributed by atoms with E-state index in [2.05, 4.69) is 37.9 Å². The van der Waals surface area contributed by atoms with E-state index in [1.165, 1.54) is 62.3 Å². The van der Waals surface area contributed by atoms with Crippen LogP contribution in [0.4, 0.5) is 0 Å². The molecule has 0 aromatic carbocycles. The van der Waals surface area contributed by atoms with Crippen LogP contribution < -0.4 is 0 Å². The number of esters is 12. The van der Waals surface area contributed by atoms with Crippen molar-refractivity contribution in [3.05, 3.63) is 35.7 Å². The van der Waals surface area contributed by atoms with Crippen LogP contribution in [0.15, 0.2) is 18.6 Å². The molecule has 0 unspecified atom stereocenters. The van der Waals surface area contributed by atoms with Crippen LogP contribution in [-0.4, -0.2) is 245 Å².